The Bertz CT molecular complexity index is 1180. The summed E-state index contributed by atoms with van der Waals surface area (Å²) in [5.74, 6) is -0.787. The van der Waals surface area contributed by atoms with Crippen LogP contribution >= 0.6 is 0 Å². The lowest BCUT2D eigenvalue weighted by molar-refractivity contribution is 0.0593. The number of benzene rings is 2. The number of nitrogens with zero attached hydrogens (tertiary/aromatic N) is 2. The molecule has 0 spiro atoms. The number of esters is 1. The zero-order chi connectivity index (χ0) is 19.1. The summed E-state index contributed by atoms with van der Waals surface area (Å²) in [6, 6.07) is 11.1. The number of anilines is 1. The summed E-state index contributed by atoms with van der Waals surface area (Å²) in [6.07, 6.45) is 1.32. The Morgan fingerprint density at radius 1 is 1.27 bits per heavy atom. The molecule has 3 aromatic rings. The predicted octanol–water partition coefficient (Wildman–Crippen LogP) is 2.12. The van der Waals surface area contributed by atoms with E-state index in [1.807, 2.05) is 6.07 Å². The van der Waals surface area contributed by atoms with Gasteiger partial charge in [0.1, 0.15) is 11.0 Å². The third-order valence-electron chi connectivity index (χ3n) is 3.93. The average molecular weight is 371 g/mol. The summed E-state index contributed by atoms with van der Waals surface area (Å²) in [7, 11) is -3.37. The van der Waals surface area contributed by atoms with E-state index in [1.54, 1.807) is 24.3 Å². The lowest BCUT2D eigenvalue weighted by Crippen LogP contribution is -2.12. The van der Waals surface area contributed by atoms with Crippen molar-refractivity contribution in [3.8, 4) is 11.8 Å². The van der Waals surface area contributed by atoms with Gasteiger partial charge in [0.15, 0.2) is 5.69 Å². The first-order chi connectivity index (χ1) is 12.3. The van der Waals surface area contributed by atoms with E-state index >= 15 is 0 Å². The quantitative estimate of drug-likeness (QED) is 0.531. The van der Waals surface area contributed by atoms with E-state index < -0.39 is 16.1 Å². The Balaban J connectivity index is 2.49. The van der Waals surface area contributed by atoms with Gasteiger partial charge in [0.05, 0.1) is 24.0 Å². The number of fused-ring (bicyclic) bond motifs is 1. The second-order valence-electron chi connectivity index (χ2n) is 5.38. The number of carbonyl (C=O) groups excluding carboxylic acids is 1. The van der Waals surface area contributed by atoms with Crippen molar-refractivity contribution in [3.63, 3.8) is 0 Å². The molecule has 0 fully saturated rings. The van der Waals surface area contributed by atoms with Crippen molar-refractivity contribution in [2.45, 2.75) is 4.90 Å². The predicted molar refractivity (Wildman–Crippen MR) is 93.6 cm³/mol. The van der Waals surface area contributed by atoms with E-state index in [9.17, 15) is 23.0 Å². The fourth-order valence-electron chi connectivity index (χ4n) is 2.81. The molecule has 0 aliphatic rings. The van der Waals surface area contributed by atoms with Crippen LogP contribution < -0.4 is 5.73 Å². The standard InChI is InChI=1S/C17H13N3O5S/c1-25-17(21)16-15(19)11(8-18)9-20(16)12-6-2-4-10-5-3-7-13(14(10)12)26(22,23)24/h2-7,9H,19H2,1H3,(H,22,23,24). The summed E-state index contributed by atoms with van der Waals surface area (Å²) >= 11 is 0. The van der Waals surface area contributed by atoms with Gasteiger partial charge in [-0.15, -0.1) is 0 Å². The molecular formula is C17H13N3O5S. The molecule has 1 heterocycles. The molecule has 8 nitrogen and oxygen atoms in total. The number of rotatable bonds is 3. The van der Waals surface area contributed by atoms with E-state index in [1.165, 1.54) is 22.9 Å². The normalized spacial score (nSPS) is 11.3. The Morgan fingerprint density at radius 3 is 2.50 bits per heavy atom. The second-order valence-corrected chi connectivity index (χ2v) is 6.77. The Hall–Kier alpha value is -3.35. The second kappa shape index (κ2) is 6.18. The smallest absolute Gasteiger partial charge is 0.357 e. The molecule has 132 valence electrons. The number of nitriles is 1. The number of methoxy groups -OCH3 is 1. The number of ether oxygens (including phenoxy) is 1. The number of carbonyl (C=O) groups is 1. The topological polar surface area (TPSA) is 135 Å². The molecule has 0 aliphatic carbocycles. The van der Waals surface area contributed by atoms with E-state index in [0.29, 0.717) is 5.39 Å². The maximum Gasteiger partial charge on any atom is 0.357 e. The number of hydrogen-bond acceptors (Lipinski definition) is 6. The van der Waals surface area contributed by atoms with Crippen molar-refractivity contribution >= 4 is 32.5 Å². The van der Waals surface area contributed by atoms with Gasteiger partial charge in [0.2, 0.25) is 0 Å². The van der Waals surface area contributed by atoms with Gasteiger partial charge >= 0.3 is 5.97 Å². The van der Waals surface area contributed by atoms with E-state index in [4.69, 9.17) is 10.5 Å². The van der Waals surface area contributed by atoms with Crippen LogP contribution in [0.25, 0.3) is 16.5 Å². The minimum Gasteiger partial charge on any atom is -0.464 e. The van der Waals surface area contributed by atoms with Gasteiger partial charge in [-0.05, 0) is 17.5 Å². The highest BCUT2D eigenvalue weighted by atomic mass is 32.2. The maximum absolute atomic E-state index is 12.2. The largest absolute Gasteiger partial charge is 0.464 e. The zero-order valence-electron chi connectivity index (χ0n) is 13.5. The fourth-order valence-corrected chi connectivity index (χ4v) is 3.54. The molecule has 3 rings (SSSR count). The highest BCUT2D eigenvalue weighted by molar-refractivity contribution is 7.86. The van der Waals surface area contributed by atoms with Crippen molar-refractivity contribution < 1.29 is 22.5 Å². The van der Waals surface area contributed by atoms with Crippen LogP contribution in [0.3, 0.4) is 0 Å². The molecular weight excluding hydrogens is 358 g/mol. The van der Waals surface area contributed by atoms with Crippen LogP contribution in [0.2, 0.25) is 0 Å². The molecule has 0 atom stereocenters. The van der Waals surface area contributed by atoms with Crippen LogP contribution in [0.1, 0.15) is 16.1 Å². The molecule has 0 saturated heterocycles. The molecule has 0 bridgehead atoms. The summed E-state index contributed by atoms with van der Waals surface area (Å²) in [5, 5.41) is 9.92. The first kappa shape index (κ1) is 17.5. The minimum atomic E-state index is -4.53. The number of aromatic nitrogens is 1. The van der Waals surface area contributed by atoms with E-state index in [-0.39, 0.29) is 32.9 Å². The van der Waals surface area contributed by atoms with Crippen LogP contribution in [-0.4, -0.2) is 30.6 Å². The highest BCUT2D eigenvalue weighted by Crippen LogP contribution is 2.32. The molecule has 0 amide bonds. The fraction of sp³-hybridized carbons (Fsp3) is 0.0588. The monoisotopic (exact) mass is 371 g/mol. The van der Waals surface area contributed by atoms with Gasteiger partial charge in [-0.3, -0.25) is 4.55 Å². The summed E-state index contributed by atoms with van der Waals surface area (Å²) in [4.78, 5) is 11.8. The SMILES string of the molecule is COC(=O)c1c(N)c(C#N)cn1-c1cccc2cccc(S(=O)(=O)O)c12. The van der Waals surface area contributed by atoms with Crippen LogP contribution in [0.4, 0.5) is 5.69 Å². The van der Waals surface area contributed by atoms with Crippen molar-refractivity contribution in [1.29, 1.82) is 5.26 Å². The van der Waals surface area contributed by atoms with Gasteiger partial charge in [0, 0.05) is 11.6 Å². The first-order valence-electron chi connectivity index (χ1n) is 7.28. The molecule has 2 aromatic carbocycles. The van der Waals surface area contributed by atoms with Crippen LogP contribution in [-0.2, 0) is 14.9 Å². The molecule has 26 heavy (non-hydrogen) atoms. The third kappa shape index (κ3) is 2.67. The summed E-state index contributed by atoms with van der Waals surface area (Å²) in [5.41, 5.74) is 5.98. The Morgan fingerprint density at radius 2 is 1.92 bits per heavy atom. The Labute approximate surface area is 148 Å². The molecule has 0 saturated carbocycles. The molecule has 0 unspecified atom stereocenters. The van der Waals surface area contributed by atoms with Gasteiger partial charge in [-0.2, -0.15) is 13.7 Å². The van der Waals surface area contributed by atoms with Gasteiger partial charge < -0.3 is 15.0 Å². The lowest BCUT2D eigenvalue weighted by Gasteiger charge is -2.13. The average Bonchev–Trinajstić information content (AvgIpc) is 2.95. The van der Waals surface area contributed by atoms with Crippen molar-refractivity contribution in [3.05, 3.63) is 53.9 Å². The van der Waals surface area contributed by atoms with Crippen molar-refractivity contribution in [2.24, 2.45) is 0 Å². The summed E-state index contributed by atoms with van der Waals surface area (Å²) < 4.78 is 39.2. The zero-order valence-corrected chi connectivity index (χ0v) is 14.3. The number of nitrogen functional groups attached to an aromatic ring is 1. The lowest BCUT2D eigenvalue weighted by atomic mass is 10.1. The minimum absolute atomic E-state index is 0.0340. The molecule has 1 aromatic heterocycles. The highest BCUT2D eigenvalue weighted by Gasteiger charge is 2.24. The van der Waals surface area contributed by atoms with Crippen LogP contribution in [0.15, 0.2) is 47.5 Å². The number of hydrogen-bond donors (Lipinski definition) is 2. The van der Waals surface area contributed by atoms with E-state index in [0.717, 1.165) is 7.11 Å². The van der Waals surface area contributed by atoms with Gasteiger partial charge in [-0.25, -0.2) is 4.79 Å². The molecule has 3 N–H and O–H groups in total. The summed E-state index contributed by atoms with van der Waals surface area (Å²) in [6.45, 7) is 0. The van der Waals surface area contributed by atoms with Gasteiger partial charge in [-0.1, -0.05) is 24.3 Å². The van der Waals surface area contributed by atoms with Crippen LogP contribution in [0, 0.1) is 11.3 Å². The van der Waals surface area contributed by atoms with E-state index in [2.05, 4.69) is 0 Å². The molecule has 9 heteroatoms. The number of nitrogens with two attached hydrogens (primary N) is 1. The maximum atomic E-state index is 12.2. The molecule has 0 radical (unpaired) electrons. The Kier molecular flexibility index (Phi) is 4.15. The van der Waals surface area contributed by atoms with Crippen molar-refractivity contribution in [1.82, 2.24) is 4.57 Å². The first-order valence-corrected chi connectivity index (χ1v) is 8.72. The third-order valence-corrected chi connectivity index (χ3v) is 4.82. The van der Waals surface area contributed by atoms with Crippen molar-refractivity contribution in [2.75, 3.05) is 12.8 Å². The molecule has 0 aliphatic heterocycles. The van der Waals surface area contributed by atoms with Gasteiger partial charge in [0.25, 0.3) is 10.1 Å². The van der Waals surface area contributed by atoms with Crippen LogP contribution in [0.5, 0.6) is 0 Å².